The van der Waals surface area contributed by atoms with Crippen molar-refractivity contribution in [3.63, 3.8) is 0 Å². The third-order valence-corrected chi connectivity index (χ3v) is 3.41. The Morgan fingerprint density at radius 2 is 1.70 bits per heavy atom. The maximum absolute atomic E-state index is 11.8. The first kappa shape index (κ1) is 16.5. The average Bonchev–Trinajstić information content (AvgIpc) is 2.46. The maximum Gasteiger partial charge on any atom is 0.189 e. The number of ketones is 1. The zero-order valence-corrected chi connectivity index (χ0v) is 12.5. The molecule has 0 spiro atoms. The Labute approximate surface area is 122 Å². The highest BCUT2D eigenvalue weighted by atomic mass is 16.3. The second kappa shape index (κ2) is 10.2. The molecule has 0 radical (unpaired) electrons. The minimum atomic E-state index is -0.119. The van der Waals surface area contributed by atoms with Crippen LogP contribution in [-0.2, 0) is 0 Å². The summed E-state index contributed by atoms with van der Waals surface area (Å²) in [5.41, 5.74) is 0.378. The Balaban J connectivity index is 2.16. The van der Waals surface area contributed by atoms with Crippen molar-refractivity contribution in [2.24, 2.45) is 0 Å². The quantitative estimate of drug-likeness (QED) is 0.358. The molecule has 110 valence electrons. The topological polar surface area (TPSA) is 37.3 Å². The summed E-state index contributed by atoms with van der Waals surface area (Å²) in [6.45, 7) is 2.23. The van der Waals surface area contributed by atoms with Crippen LogP contribution in [0.1, 0.15) is 68.6 Å². The third kappa shape index (κ3) is 6.55. The Bertz CT molecular complexity index is 421. The summed E-state index contributed by atoms with van der Waals surface area (Å²) >= 11 is 0. The molecule has 0 saturated carbocycles. The molecule has 0 heterocycles. The van der Waals surface area contributed by atoms with Crippen LogP contribution in [0.15, 0.2) is 36.4 Å². The highest BCUT2D eigenvalue weighted by Crippen LogP contribution is 2.16. The normalized spacial score (nSPS) is 11.1. The molecule has 0 aliphatic carbocycles. The fourth-order valence-corrected chi connectivity index (χ4v) is 2.18. The molecule has 1 N–H and O–H groups in total. The van der Waals surface area contributed by atoms with Crippen LogP contribution < -0.4 is 0 Å². The van der Waals surface area contributed by atoms with Crippen LogP contribution in [0.4, 0.5) is 0 Å². The van der Waals surface area contributed by atoms with Crippen LogP contribution in [0, 0.1) is 0 Å². The van der Waals surface area contributed by atoms with Crippen molar-refractivity contribution < 1.29 is 9.90 Å². The number of phenols is 1. The van der Waals surface area contributed by atoms with Crippen molar-refractivity contribution in [1.82, 2.24) is 0 Å². The van der Waals surface area contributed by atoms with E-state index in [0.717, 1.165) is 12.8 Å². The van der Waals surface area contributed by atoms with E-state index in [9.17, 15) is 9.90 Å². The lowest BCUT2D eigenvalue weighted by Crippen LogP contribution is -1.94. The molecule has 20 heavy (non-hydrogen) atoms. The molecular weight excluding hydrogens is 248 g/mol. The Morgan fingerprint density at radius 3 is 2.40 bits per heavy atom. The summed E-state index contributed by atoms with van der Waals surface area (Å²) in [6.07, 6.45) is 13.4. The van der Waals surface area contributed by atoms with Crippen molar-refractivity contribution in [3.05, 3.63) is 42.0 Å². The van der Waals surface area contributed by atoms with Crippen LogP contribution in [-0.4, -0.2) is 10.9 Å². The van der Waals surface area contributed by atoms with Gasteiger partial charge >= 0.3 is 0 Å². The number of allylic oxidation sites excluding steroid dienone is 2. The van der Waals surface area contributed by atoms with Crippen molar-refractivity contribution in [1.29, 1.82) is 0 Å². The molecule has 1 aromatic carbocycles. The number of carbonyl (C=O) groups excluding carboxylic acids is 1. The number of phenolic OH excluding ortho intramolecular Hbond substituents is 1. The highest BCUT2D eigenvalue weighted by molar-refractivity contribution is 6.06. The summed E-state index contributed by atoms with van der Waals surface area (Å²) in [6, 6.07) is 6.67. The third-order valence-electron chi connectivity index (χ3n) is 3.41. The van der Waals surface area contributed by atoms with Crippen molar-refractivity contribution in [2.75, 3.05) is 0 Å². The van der Waals surface area contributed by atoms with Crippen molar-refractivity contribution in [2.45, 2.75) is 58.3 Å². The van der Waals surface area contributed by atoms with Crippen molar-refractivity contribution in [3.8, 4) is 5.75 Å². The van der Waals surface area contributed by atoms with Gasteiger partial charge in [0.05, 0.1) is 5.56 Å². The number of rotatable bonds is 10. The van der Waals surface area contributed by atoms with Crippen molar-refractivity contribution >= 4 is 5.78 Å². The molecule has 0 atom stereocenters. The van der Waals surface area contributed by atoms with Gasteiger partial charge in [0.1, 0.15) is 5.75 Å². The molecule has 1 aromatic rings. The monoisotopic (exact) mass is 274 g/mol. The van der Waals surface area contributed by atoms with Crippen LogP contribution in [0.3, 0.4) is 0 Å². The van der Waals surface area contributed by atoms with E-state index in [0.29, 0.717) is 5.56 Å². The molecule has 0 fully saturated rings. The van der Waals surface area contributed by atoms with E-state index >= 15 is 0 Å². The zero-order chi connectivity index (χ0) is 14.6. The minimum absolute atomic E-state index is 0.0538. The molecule has 2 heteroatoms. The Kier molecular flexibility index (Phi) is 8.44. The van der Waals surface area contributed by atoms with E-state index in [1.165, 1.54) is 44.6 Å². The van der Waals surface area contributed by atoms with Gasteiger partial charge in [-0.25, -0.2) is 0 Å². The predicted octanol–water partition coefficient (Wildman–Crippen LogP) is 5.27. The summed E-state index contributed by atoms with van der Waals surface area (Å²) in [5, 5.41) is 9.57. The standard InChI is InChI=1S/C18H26O2/c1-2-3-4-5-6-7-8-9-10-14-17(19)16-13-11-12-15-18(16)20/h10-15,20H,2-9H2,1H3/b14-10+. The summed E-state index contributed by atoms with van der Waals surface area (Å²) < 4.78 is 0. The van der Waals surface area contributed by atoms with Gasteiger partial charge in [-0.15, -0.1) is 0 Å². The lowest BCUT2D eigenvalue weighted by Gasteiger charge is -2.00. The SMILES string of the molecule is CCCCCCCCC/C=C/C(=O)c1ccccc1O. The summed E-state index contributed by atoms with van der Waals surface area (Å²) in [7, 11) is 0. The van der Waals surface area contributed by atoms with Gasteiger partial charge in [-0.1, -0.05) is 63.7 Å². The predicted molar refractivity (Wildman–Crippen MR) is 84.2 cm³/mol. The summed E-state index contributed by atoms with van der Waals surface area (Å²) in [5.74, 6) is -0.0656. The van der Waals surface area contributed by atoms with Crippen LogP contribution in [0.2, 0.25) is 0 Å². The molecule has 0 unspecified atom stereocenters. The lowest BCUT2D eigenvalue weighted by molar-refractivity contribution is 0.104. The maximum atomic E-state index is 11.8. The van der Waals surface area contributed by atoms with Gasteiger partial charge in [0.2, 0.25) is 0 Å². The second-order valence-electron chi connectivity index (χ2n) is 5.19. The first-order chi connectivity index (χ1) is 9.75. The minimum Gasteiger partial charge on any atom is -0.507 e. The fraction of sp³-hybridized carbons (Fsp3) is 0.500. The van der Waals surface area contributed by atoms with E-state index in [1.807, 2.05) is 6.08 Å². The van der Waals surface area contributed by atoms with Crippen LogP contribution in [0.25, 0.3) is 0 Å². The first-order valence-electron chi connectivity index (χ1n) is 7.74. The second-order valence-corrected chi connectivity index (χ2v) is 5.19. The van der Waals surface area contributed by atoms with Gasteiger partial charge < -0.3 is 5.11 Å². The van der Waals surface area contributed by atoms with E-state index in [1.54, 1.807) is 24.3 Å². The number of hydrogen-bond donors (Lipinski definition) is 1. The Hall–Kier alpha value is -1.57. The number of aromatic hydroxyl groups is 1. The van der Waals surface area contributed by atoms with E-state index in [4.69, 9.17) is 0 Å². The molecule has 0 aliphatic heterocycles. The van der Waals surface area contributed by atoms with Gasteiger partial charge in [-0.3, -0.25) is 4.79 Å². The zero-order valence-electron chi connectivity index (χ0n) is 12.5. The van der Waals surface area contributed by atoms with Gasteiger partial charge in [0, 0.05) is 0 Å². The number of unbranched alkanes of at least 4 members (excludes halogenated alkanes) is 7. The van der Waals surface area contributed by atoms with Gasteiger partial charge in [0.25, 0.3) is 0 Å². The lowest BCUT2D eigenvalue weighted by atomic mass is 10.1. The molecule has 1 rings (SSSR count). The molecule has 2 nitrogen and oxygen atoms in total. The molecular formula is C18H26O2. The average molecular weight is 274 g/mol. The largest absolute Gasteiger partial charge is 0.507 e. The number of para-hydroxylation sites is 1. The molecule has 0 aromatic heterocycles. The molecule has 0 saturated heterocycles. The first-order valence-corrected chi connectivity index (χ1v) is 7.74. The van der Waals surface area contributed by atoms with Gasteiger partial charge in [0.15, 0.2) is 5.78 Å². The molecule has 0 amide bonds. The number of carbonyl (C=O) groups is 1. The number of hydrogen-bond acceptors (Lipinski definition) is 2. The van der Waals surface area contributed by atoms with E-state index < -0.39 is 0 Å². The fourth-order valence-electron chi connectivity index (χ4n) is 2.18. The smallest absolute Gasteiger partial charge is 0.189 e. The van der Waals surface area contributed by atoms with E-state index in [2.05, 4.69) is 6.92 Å². The molecule has 0 aliphatic rings. The van der Waals surface area contributed by atoms with E-state index in [-0.39, 0.29) is 11.5 Å². The summed E-state index contributed by atoms with van der Waals surface area (Å²) in [4.78, 5) is 11.8. The Morgan fingerprint density at radius 1 is 1.05 bits per heavy atom. The van der Waals surface area contributed by atoms with Gasteiger partial charge in [-0.05, 0) is 31.1 Å². The van der Waals surface area contributed by atoms with Gasteiger partial charge in [-0.2, -0.15) is 0 Å². The highest BCUT2D eigenvalue weighted by Gasteiger charge is 2.05. The molecule has 0 bridgehead atoms. The number of benzene rings is 1. The van der Waals surface area contributed by atoms with Crippen LogP contribution >= 0.6 is 0 Å². The van der Waals surface area contributed by atoms with Crippen LogP contribution in [0.5, 0.6) is 5.75 Å².